The number of carbonyl (C=O) groups excluding carboxylic acids is 3. The molecular formula is C19H24N2O4. The van der Waals surface area contributed by atoms with E-state index >= 15 is 0 Å². The molecule has 1 atom stereocenters. The molecule has 0 aromatic heterocycles. The molecule has 25 heavy (non-hydrogen) atoms. The van der Waals surface area contributed by atoms with Gasteiger partial charge in [0.2, 0.25) is 5.91 Å². The second kappa shape index (κ2) is 6.59. The molecule has 0 N–H and O–H groups in total. The van der Waals surface area contributed by atoms with Crippen LogP contribution in [0.1, 0.15) is 47.9 Å². The summed E-state index contributed by atoms with van der Waals surface area (Å²) in [6, 6.07) is 6.67. The van der Waals surface area contributed by atoms with Crippen molar-refractivity contribution in [1.29, 1.82) is 0 Å². The zero-order chi connectivity index (χ0) is 18.2. The van der Waals surface area contributed by atoms with E-state index in [2.05, 4.69) is 20.8 Å². The molecule has 1 aromatic carbocycles. The van der Waals surface area contributed by atoms with Crippen LogP contribution in [0.25, 0.3) is 0 Å². The number of hydrogen-bond acceptors (Lipinski definition) is 4. The molecule has 1 saturated heterocycles. The van der Waals surface area contributed by atoms with E-state index in [4.69, 9.17) is 4.74 Å². The molecule has 1 fully saturated rings. The third-order valence-electron chi connectivity index (χ3n) is 4.83. The second-order valence-corrected chi connectivity index (χ2v) is 7.64. The number of benzene rings is 1. The zero-order valence-corrected chi connectivity index (χ0v) is 14.9. The van der Waals surface area contributed by atoms with Crippen LogP contribution >= 0.6 is 0 Å². The Morgan fingerprint density at radius 2 is 1.72 bits per heavy atom. The van der Waals surface area contributed by atoms with Crippen molar-refractivity contribution in [2.75, 3.05) is 26.2 Å². The van der Waals surface area contributed by atoms with Gasteiger partial charge in [-0.2, -0.15) is 0 Å². The number of fused-ring (bicyclic) bond motifs is 1. The maximum Gasteiger partial charge on any atom is 0.262 e. The summed E-state index contributed by atoms with van der Waals surface area (Å²) < 4.78 is 5.87. The van der Waals surface area contributed by atoms with Crippen LogP contribution in [0.4, 0.5) is 0 Å². The Kier molecular flexibility index (Phi) is 4.64. The summed E-state index contributed by atoms with van der Waals surface area (Å²) in [6.45, 7) is 7.66. The van der Waals surface area contributed by atoms with E-state index in [1.54, 1.807) is 29.2 Å². The molecule has 0 bridgehead atoms. The van der Waals surface area contributed by atoms with Crippen LogP contribution in [0.3, 0.4) is 0 Å². The molecule has 0 aliphatic carbocycles. The summed E-state index contributed by atoms with van der Waals surface area (Å²) in [7, 11) is 0. The van der Waals surface area contributed by atoms with Crippen LogP contribution in [-0.2, 0) is 9.53 Å². The summed E-state index contributed by atoms with van der Waals surface area (Å²) in [5.41, 5.74) is 0.751. The Hall–Kier alpha value is -2.21. The summed E-state index contributed by atoms with van der Waals surface area (Å²) in [5.74, 6) is -1.01. The molecule has 0 saturated carbocycles. The molecule has 134 valence electrons. The van der Waals surface area contributed by atoms with Gasteiger partial charge in [-0.1, -0.05) is 32.9 Å². The number of carbonyl (C=O) groups is 3. The first-order chi connectivity index (χ1) is 11.8. The molecule has 3 amide bonds. The minimum Gasteiger partial charge on any atom is -0.376 e. The van der Waals surface area contributed by atoms with Crippen LogP contribution in [0, 0.1) is 5.41 Å². The SMILES string of the molecule is CC(C)(C)C1CCN(C(=O)CN2C(=O)c3ccccc3C2=O)CCO1. The molecule has 1 aromatic rings. The van der Waals surface area contributed by atoms with E-state index in [1.165, 1.54) is 0 Å². The maximum absolute atomic E-state index is 12.6. The lowest BCUT2D eigenvalue weighted by Gasteiger charge is -2.29. The third kappa shape index (κ3) is 3.44. The van der Waals surface area contributed by atoms with Gasteiger partial charge in [-0.05, 0) is 24.0 Å². The first kappa shape index (κ1) is 17.6. The summed E-state index contributed by atoms with van der Waals surface area (Å²) in [5, 5.41) is 0. The Labute approximate surface area is 147 Å². The van der Waals surface area contributed by atoms with Gasteiger partial charge in [0.25, 0.3) is 11.8 Å². The monoisotopic (exact) mass is 344 g/mol. The molecule has 0 radical (unpaired) electrons. The summed E-state index contributed by atoms with van der Waals surface area (Å²) in [6.07, 6.45) is 0.835. The third-order valence-corrected chi connectivity index (χ3v) is 4.83. The van der Waals surface area contributed by atoms with Crippen LogP contribution < -0.4 is 0 Å². The Morgan fingerprint density at radius 1 is 1.12 bits per heavy atom. The minimum absolute atomic E-state index is 0.0155. The van der Waals surface area contributed by atoms with Gasteiger partial charge in [0.15, 0.2) is 0 Å². The van der Waals surface area contributed by atoms with Gasteiger partial charge in [0.05, 0.1) is 23.8 Å². The Morgan fingerprint density at radius 3 is 2.28 bits per heavy atom. The highest BCUT2D eigenvalue weighted by molar-refractivity contribution is 6.22. The normalized spacial score (nSPS) is 21.3. The lowest BCUT2D eigenvalue weighted by atomic mass is 9.87. The van der Waals surface area contributed by atoms with E-state index in [-0.39, 0.29) is 24.0 Å². The molecule has 3 rings (SSSR count). The first-order valence-corrected chi connectivity index (χ1v) is 8.63. The fraction of sp³-hybridized carbons (Fsp3) is 0.526. The van der Waals surface area contributed by atoms with Gasteiger partial charge in [-0.25, -0.2) is 0 Å². The molecule has 6 heteroatoms. The molecule has 2 aliphatic rings. The van der Waals surface area contributed by atoms with Crippen molar-refractivity contribution in [2.24, 2.45) is 5.41 Å². The lowest BCUT2D eigenvalue weighted by Crippen LogP contribution is -2.43. The van der Waals surface area contributed by atoms with Crippen molar-refractivity contribution in [3.8, 4) is 0 Å². The van der Waals surface area contributed by atoms with Gasteiger partial charge in [-0.15, -0.1) is 0 Å². The highest BCUT2D eigenvalue weighted by atomic mass is 16.5. The quantitative estimate of drug-likeness (QED) is 0.769. The molecule has 2 heterocycles. The number of hydrogen-bond donors (Lipinski definition) is 0. The predicted molar refractivity (Wildman–Crippen MR) is 92.2 cm³/mol. The van der Waals surface area contributed by atoms with Crippen LogP contribution in [0.5, 0.6) is 0 Å². The largest absolute Gasteiger partial charge is 0.376 e. The number of nitrogens with zero attached hydrogens (tertiary/aromatic N) is 2. The van der Waals surface area contributed by atoms with E-state index in [0.29, 0.717) is 30.8 Å². The zero-order valence-electron chi connectivity index (χ0n) is 14.9. The maximum atomic E-state index is 12.6. The summed E-state index contributed by atoms with van der Waals surface area (Å²) >= 11 is 0. The van der Waals surface area contributed by atoms with Crippen LogP contribution in [-0.4, -0.2) is 59.9 Å². The van der Waals surface area contributed by atoms with E-state index < -0.39 is 11.8 Å². The average Bonchev–Trinajstić information content (AvgIpc) is 2.77. The topological polar surface area (TPSA) is 66.9 Å². The van der Waals surface area contributed by atoms with Gasteiger partial charge in [0.1, 0.15) is 6.54 Å². The van der Waals surface area contributed by atoms with Gasteiger partial charge in [0, 0.05) is 13.1 Å². The number of ether oxygens (including phenoxy) is 1. The average molecular weight is 344 g/mol. The molecular weight excluding hydrogens is 320 g/mol. The predicted octanol–water partition coefficient (Wildman–Crippen LogP) is 1.95. The highest BCUT2D eigenvalue weighted by Gasteiger charge is 2.37. The number of imide groups is 1. The van der Waals surface area contributed by atoms with Crippen molar-refractivity contribution in [1.82, 2.24) is 9.80 Å². The smallest absolute Gasteiger partial charge is 0.262 e. The van der Waals surface area contributed by atoms with Crippen molar-refractivity contribution in [3.05, 3.63) is 35.4 Å². The van der Waals surface area contributed by atoms with Crippen molar-refractivity contribution < 1.29 is 19.1 Å². The molecule has 6 nitrogen and oxygen atoms in total. The van der Waals surface area contributed by atoms with Crippen molar-refractivity contribution >= 4 is 17.7 Å². The van der Waals surface area contributed by atoms with Crippen molar-refractivity contribution in [2.45, 2.75) is 33.3 Å². The van der Waals surface area contributed by atoms with E-state index in [1.807, 2.05) is 0 Å². The fourth-order valence-electron chi connectivity index (χ4n) is 3.32. The lowest BCUT2D eigenvalue weighted by molar-refractivity contribution is -0.131. The molecule has 2 aliphatic heterocycles. The first-order valence-electron chi connectivity index (χ1n) is 8.63. The van der Waals surface area contributed by atoms with E-state index in [9.17, 15) is 14.4 Å². The van der Waals surface area contributed by atoms with E-state index in [0.717, 1.165) is 11.3 Å². The molecule has 0 spiro atoms. The van der Waals surface area contributed by atoms with Gasteiger partial charge < -0.3 is 9.64 Å². The minimum atomic E-state index is -0.396. The Balaban J connectivity index is 1.65. The molecule has 1 unspecified atom stereocenters. The second-order valence-electron chi connectivity index (χ2n) is 7.64. The van der Waals surface area contributed by atoms with Crippen LogP contribution in [0.2, 0.25) is 0 Å². The van der Waals surface area contributed by atoms with Crippen LogP contribution in [0.15, 0.2) is 24.3 Å². The highest BCUT2D eigenvalue weighted by Crippen LogP contribution is 2.27. The fourth-order valence-corrected chi connectivity index (χ4v) is 3.32. The standard InChI is InChI=1S/C19H24N2O4/c1-19(2,3)15-8-9-20(10-11-25-15)16(22)12-21-17(23)13-6-4-5-7-14(13)18(21)24/h4-7,15H,8-12H2,1-3H3. The number of rotatable bonds is 2. The Bertz CT molecular complexity index is 673. The van der Waals surface area contributed by atoms with Gasteiger partial charge in [-0.3, -0.25) is 19.3 Å². The summed E-state index contributed by atoms with van der Waals surface area (Å²) in [4.78, 5) is 40.1. The van der Waals surface area contributed by atoms with Crippen molar-refractivity contribution in [3.63, 3.8) is 0 Å². The van der Waals surface area contributed by atoms with Gasteiger partial charge >= 0.3 is 0 Å². The number of amides is 3.